The minimum absolute atomic E-state index is 0.0575. The Labute approximate surface area is 172 Å². The quantitative estimate of drug-likeness (QED) is 0.466. The summed E-state index contributed by atoms with van der Waals surface area (Å²) in [5, 5.41) is 10.5. The molecule has 1 aliphatic rings. The molecule has 1 N–H and O–H groups in total. The first kappa shape index (κ1) is 19.4. The normalized spacial score (nSPS) is 15.4. The molecular weight excluding hydrogens is 390 g/mol. The second-order valence-corrected chi connectivity index (χ2v) is 9.49. The zero-order valence-electron chi connectivity index (χ0n) is 16.3. The standard InChI is InChI=1S/C20H25N5OS2/c1-4-10-25-17(14-8-6-5-7-9-14)23-24-20(25)27-11-15-21-18(26)16-12(2)13(3)28-19(16)22-15/h4,14H,1,5-11H2,2-3H3,(H,21,22,26). The van der Waals surface area contributed by atoms with Gasteiger partial charge in [-0.2, -0.15) is 0 Å². The number of nitrogens with zero attached hydrogens (tertiary/aromatic N) is 4. The van der Waals surface area contributed by atoms with E-state index < -0.39 is 0 Å². The third-order valence-electron chi connectivity index (χ3n) is 5.45. The van der Waals surface area contributed by atoms with Gasteiger partial charge < -0.3 is 9.55 Å². The van der Waals surface area contributed by atoms with E-state index in [1.165, 1.54) is 32.1 Å². The molecule has 0 aromatic carbocycles. The summed E-state index contributed by atoms with van der Waals surface area (Å²) in [6, 6.07) is 0. The van der Waals surface area contributed by atoms with E-state index in [2.05, 4.69) is 31.3 Å². The number of aromatic nitrogens is 5. The molecule has 0 radical (unpaired) electrons. The van der Waals surface area contributed by atoms with Crippen LogP contribution >= 0.6 is 23.1 Å². The molecule has 148 valence electrons. The Morgan fingerprint density at radius 3 is 2.82 bits per heavy atom. The lowest BCUT2D eigenvalue weighted by atomic mass is 9.89. The van der Waals surface area contributed by atoms with Gasteiger partial charge in [0.15, 0.2) is 5.16 Å². The van der Waals surface area contributed by atoms with Gasteiger partial charge in [0.05, 0.1) is 11.1 Å². The van der Waals surface area contributed by atoms with Crippen LogP contribution in [0.5, 0.6) is 0 Å². The van der Waals surface area contributed by atoms with Crippen molar-refractivity contribution in [2.24, 2.45) is 0 Å². The number of H-pyrrole nitrogens is 1. The van der Waals surface area contributed by atoms with Crippen LogP contribution < -0.4 is 5.56 Å². The average molecular weight is 416 g/mol. The third kappa shape index (κ3) is 3.67. The summed E-state index contributed by atoms with van der Waals surface area (Å²) in [4.78, 5) is 22.0. The molecule has 28 heavy (non-hydrogen) atoms. The fourth-order valence-corrected chi connectivity index (χ4v) is 5.74. The first-order valence-corrected chi connectivity index (χ1v) is 11.5. The van der Waals surface area contributed by atoms with Crippen LogP contribution in [0, 0.1) is 13.8 Å². The van der Waals surface area contributed by atoms with Gasteiger partial charge in [-0.15, -0.1) is 28.1 Å². The van der Waals surface area contributed by atoms with Gasteiger partial charge in [-0.1, -0.05) is 37.1 Å². The van der Waals surface area contributed by atoms with E-state index in [4.69, 9.17) is 0 Å². The smallest absolute Gasteiger partial charge is 0.259 e. The molecule has 1 fully saturated rings. The largest absolute Gasteiger partial charge is 0.309 e. The van der Waals surface area contributed by atoms with Gasteiger partial charge in [-0.3, -0.25) is 4.79 Å². The number of thiophene rings is 1. The van der Waals surface area contributed by atoms with Crippen LogP contribution in [0.2, 0.25) is 0 Å². The Kier molecular flexibility index (Phi) is 5.68. The molecule has 0 saturated heterocycles. The maximum absolute atomic E-state index is 12.5. The van der Waals surface area contributed by atoms with Gasteiger partial charge in [-0.05, 0) is 32.3 Å². The molecule has 3 aromatic heterocycles. The first-order valence-electron chi connectivity index (χ1n) is 9.74. The van der Waals surface area contributed by atoms with Crippen molar-refractivity contribution in [3.05, 3.63) is 45.1 Å². The number of rotatable bonds is 6. The Morgan fingerprint density at radius 2 is 2.07 bits per heavy atom. The van der Waals surface area contributed by atoms with Gasteiger partial charge >= 0.3 is 0 Å². The molecule has 0 atom stereocenters. The number of aryl methyl sites for hydroxylation is 2. The van der Waals surface area contributed by atoms with Crippen molar-refractivity contribution in [3.8, 4) is 0 Å². The highest BCUT2D eigenvalue weighted by atomic mass is 32.2. The van der Waals surface area contributed by atoms with Gasteiger partial charge in [0.1, 0.15) is 16.5 Å². The highest BCUT2D eigenvalue weighted by Crippen LogP contribution is 2.34. The maximum atomic E-state index is 12.5. The Morgan fingerprint density at radius 1 is 1.29 bits per heavy atom. The monoisotopic (exact) mass is 415 g/mol. The van der Waals surface area contributed by atoms with Crippen LogP contribution in [0.3, 0.4) is 0 Å². The van der Waals surface area contributed by atoms with E-state index in [0.717, 1.165) is 26.3 Å². The van der Waals surface area contributed by atoms with Crippen LogP contribution in [0.4, 0.5) is 0 Å². The molecule has 0 bridgehead atoms. The summed E-state index contributed by atoms with van der Waals surface area (Å²) >= 11 is 3.14. The van der Waals surface area contributed by atoms with Crippen LogP contribution in [-0.4, -0.2) is 24.7 Å². The molecule has 0 spiro atoms. The number of aromatic amines is 1. The fraction of sp³-hybridized carbons (Fsp3) is 0.500. The van der Waals surface area contributed by atoms with Crippen molar-refractivity contribution in [1.29, 1.82) is 0 Å². The predicted molar refractivity (Wildman–Crippen MR) is 115 cm³/mol. The Balaban J connectivity index is 1.58. The summed E-state index contributed by atoms with van der Waals surface area (Å²) in [5.74, 6) is 2.79. The van der Waals surface area contributed by atoms with Crippen molar-refractivity contribution < 1.29 is 0 Å². The van der Waals surface area contributed by atoms with E-state index in [-0.39, 0.29) is 5.56 Å². The topological polar surface area (TPSA) is 76.5 Å². The summed E-state index contributed by atoms with van der Waals surface area (Å²) in [6.45, 7) is 8.60. The Hall–Kier alpha value is -1.93. The van der Waals surface area contributed by atoms with Crippen LogP contribution in [0.25, 0.3) is 10.2 Å². The number of thioether (sulfide) groups is 1. The highest BCUT2D eigenvalue weighted by molar-refractivity contribution is 7.98. The predicted octanol–water partition coefficient (Wildman–Crippen LogP) is 4.72. The number of hydrogen-bond donors (Lipinski definition) is 1. The number of fused-ring (bicyclic) bond motifs is 1. The van der Waals surface area contributed by atoms with Crippen LogP contribution in [0.15, 0.2) is 22.6 Å². The fourth-order valence-electron chi connectivity index (χ4n) is 3.87. The van der Waals surface area contributed by atoms with Crippen LogP contribution in [-0.2, 0) is 12.3 Å². The minimum Gasteiger partial charge on any atom is -0.309 e. The minimum atomic E-state index is -0.0575. The number of nitrogens with one attached hydrogen (secondary N) is 1. The number of hydrogen-bond acceptors (Lipinski definition) is 6. The summed E-state index contributed by atoms with van der Waals surface area (Å²) < 4.78 is 2.17. The van der Waals surface area contributed by atoms with Gasteiger partial charge in [0.25, 0.3) is 5.56 Å². The number of allylic oxidation sites excluding steroid dienone is 1. The maximum Gasteiger partial charge on any atom is 0.259 e. The summed E-state index contributed by atoms with van der Waals surface area (Å²) in [7, 11) is 0. The summed E-state index contributed by atoms with van der Waals surface area (Å²) in [5.41, 5.74) is 0.966. The molecular formula is C20H25N5OS2. The second-order valence-electron chi connectivity index (χ2n) is 7.34. The SMILES string of the molecule is C=CCn1c(SCc2nc3sc(C)c(C)c3c(=O)[nH]2)nnc1C1CCCCC1. The molecule has 1 saturated carbocycles. The molecule has 3 aromatic rings. The van der Waals surface area contributed by atoms with Gasteiger partial charge in [0, 0.05) is 17.3 Å². The second kappa shape index (κ2) is 8.21. The lowest BCUT2D eigenvalue weighted by molar-refractivity contribution is 0.415. The van der Waals surface area contributed by atoms with Crippen molar-refractivity contribution in [3.63, 3.8) is 0 Å². The highest BCUT2D eigenvalue weighted by Gasteiger charge is 2.23. The summed E-state index contributed by atoms with van der Waals surface area (Å²) in [6.07, 6.45) is 8.10. The van der Waals surface area contributed by atoms with E-state index in [1.807, 2.05) is 19.9 Å². The molecule has 4 rings (SSSR count). The zero-order chi connectivity index (χ0) is 19.7. The first-order chi connectivity index (χ1) is 13.6. The van der Waals surface area contributed by atoms with E-state index in [9.17, 15) is 4.79 Å². The lowest BCUT2D eigenvalue weighted by Gasteiger charge is -2.21. The van der Waals surface area contributed by atoms with Crippen LogP contribution in [0.1, 0.15) is 60.1 Å². The molecule has 0 amide bonds. The molecule has 0 unspecified atom stereocenters. The third-order valence-corrected chi connectivity index (χ3v) is 7.53. The van der Waals surface area contributed by atoms with Crippen molar-refractivity contribution >= 4 is 33.3 Å². The molecule has 8 heteroatoms. The molecule has 1 aliphatic carbocycles. The van der Waals surface area contributed by atoms with E-state index in [0.29, 0.717) is 29.4 Å². The van der Waals surface area contributed by atoms with Crippen molar-refractivity contribution in [1.82, 2.24) is 24.7 Å². The van der Waals surface area contributed by atoms with Crippen molar-refractivity contribution in [2.45, 2.75) is 69.3 Å². The molecule has 3 heterocycles. The Bertz CT molecular complexity index is 1060. The van der Waals surface area contributed by atoms with Gasteiger partial charge in [-0.25, -0.2) is 4.98 Å². The van der Waals surface area contributed by atoms with Crippen molar-refractivity contribution in [2.75, 3.05) is 0 Å². The lowest BCUT2D eigenvalue weighted by Crippen LogP contribution is -2.13. The zero-order valence-corrected chi connectivity index (χ0v) is 18.0. The molecule has 0 aliphatic heterocycles. The van der Waals surface area contributed by atoms with E-state index in [1.54, 1.807) is 23.1 Å². The van der Waals surface area contributed by atoms with E-state index >= 15 is 0 Å². The van der Waals surface area contributed by atoms with Gasteiger partial charge in [0.2, 0.25) is 0 Å². The average Bonchev–Trinajstić information content (AvgIpc) is 3.22. The molecule has 6 nitrogen and oxygen atoms in total.